The molecule has 0 unspecified atom stereocenters. The van der Waals surface area contributed by atoms with Crippen LogP contribution in [-0.4, -0.2) is 23.8 Å². The third-order valence-corrected chi connectivity index (χ3v) is 4.84. The maximum Gasteiger partial charge on any atom is 0.255 e. The van der Waals surface area contributed by atoms with Crippen molar-refractivity contribution in [3.63, 3.8) is 0 Å². The Morgan fingerprint density at radius 1 is 0.828 bits per heavy atom. The normalized spacial score (nSPS) is 10.6. The van der Waals surface area contributed by atoms with Crippen molar-refractivity contribution in [2.24, 2.45) is 0 Å². The fraction of sp³-hybridized carbons (Fsp3) is 0.200. The number of nitrogens with zero attached hydrogens (tertiary/aromatic N) is 1. The van der Waals surface area contributed by atoms with E-state index in [1.54, 1.807) is 36.2 Å². The van der Waals surface area contributed by atoms with E-state index in [0.717, 1.165) is 11.3 Å². The summed E-state index contributed by atoms with van der Waals surface area (Å²) in [5.41, 5.74) is 4.12. The minimum Gasteiger partial charge on any atom is -0.337 e. The number of carbonyl (C=O) groups is 2. The molecule has 29 heavy (non-hydrogen) atoms. The molecule has 4 heteroatoms. The molecule has 0 saturated carbocycles. The Morgan fingerprint density at radius 3 is 2.00 bits per heavy atom. The largest absolute Gasteiger partial charge is 0.337 e. The molecule has 1 N–H and O–H groups in total. The highest BCUT2D eigenvalue weighted by molar-refractivity contribution is 6.05. The van der Waals surface area contributed by atoms with Crippen molar-refractivity contribution in [1.29, 1.82) is 0 Å². The molecule has 0 saturated heterocycles. The molecule has 0 bridgehead atoms. The van der Waals surface area contributed by atoms with Crippen molar-refractivity contribution in [2.45, 2.75) is 26.3 Å². The molecule has 0 aromatic heterocycles. The van der Waals surface area contributed by atoms with Crippen LogP contribution >= 0.6 is 0 Å². The molecule has 148 valence electrons. The van der Waals surface area contributed by atoms with Crippen molar-refractivity contribution in [2.75, 3.05) is 12.4 Å². The highest BCUT2D eigenvalue weighted by Crippen LogP contribution is 2.18. The molecule has 2 amide bonds. The van der Waals surface area contributed by atoms with Crippen molar-refractivity contribution in [1.82, 2.24) is 4.90 Å². The Labute approximate surface area is 172 Å². The predicted octanol–water partition coefficient (Wildman–Crippen LogP) is 5.33. The number of hydrogen-bond acceptors (Lipinski definition) is 2. The topological polar surface area (TPSA) is 49.4 Å². The number of nitrogens with one attached hydrogen (secondary N) is 1. The first-order chi connectivity index (χ1) is 13.9. The van der Waals surface area contributed by atoms with E-state index < -0.39 is 0 Å². The lowest BCUT2D eigenvalue weighted by Gasteiger charge is -2.17. The van der Waals surface area contributed by atoms with Crippen LogP contribution in [0.4, 0.5) is 5.69 Å². The van der Waals surface area contributed by atoms with E-state index in [1.807, 2.05) is 54.6 Å². The quantitative estimate of drug-likeness (QED) is 0.622. The zero-order valence-electron chi connectivity index (χ0n) is 17.1. The summed E-state index contributed by atoms with van der Waals surface area (Å²) < 4.78 is 0. The molecule has 0 radical (unpaired) electrons. The first-order valence-corrected chi connectivity index (χ1v) is 9.75. The lowest BCUT2D eigenvalue weighted by Crippen LogP contribution is -2.26. The lowest BCUT2D eigenvalue weighted by atomic mass is 10.0. The van der Waals surface area contributed by atoms with Crippen LogP contribution in [0.25, 0.3) is 0 Å². The molecule has 0 atom stereocenters. The summed E-state index contributed by atoms with van der Waals surface area (Å²) in [6.45, 7) is 4.80. The molecule has 0 spiro atoms. The van der Waals surface area contributed by atoms with Gasteiger partial charge in [-0.25, -0.2) is 0 Å². The molecule has 3 aromatic rings. The van der Waals surface area contributed by atoms with Gasteiger partial charge in [0.1, 0.15) is 0 Å². The average Bonchev–Trinajstić information content (AvgIpc) is 2.74. The van der Waals surface area contributed by atoms with Crippen LogP contribution in [0, 0.1) is 0 Å². The summed E-state index contributed by atoms with van der Waals surface area (Å²) in [6.07, 6.45) is 0. The third-order valence-electron chi connectivity index (χ3n) is 4.84. The number of amides is 2. The first kappa shape index (κ1) is 20.3. The van der Waals surface area contributed by atoms with Crippen molar-refractivity contribution in [3.05, 3.63) is 101 Å². The molecule has 3 rings (SSSR count). The van der Waals surface area contributed by atoms with Gasteiger partial charge in [-0.05, 0) is 53.4 Å². The zero-order chi connectivity index (χ0) is 20.8. The average molecular weight is 386 g/mol. The second kappa shape index (κ2) is 9.20. The first-order valence-electron chi connectivity index (χ1n) is 9.75. The van der Waals surface area contributed by atoms with Gasteiger partial charge in [0.2, 0.25) is 0 Å². The summed E-state index contributed by atoms with van der Waals surface area (Å²) in [6, 6.07) is 24.4. The third kappa shape index (κ3) is 5.32. The van der Waals surface area contributed by atoms with Gasteiger partial charge in [0, 0.05) is 30.4 Å². The van der Waals surface area contributed by atoms with Gasteiger partial charge in [-0.15, -0.1) is 0 Å². The minimum absolute atomic E-state index is 0.0786. The maximum atomic E-state index is 12.6. The molecule has 0 heterocycles. The Bertz CT molecular complexity index is 962. The van der Waals surface area contributed by atoms with Crippen LogP contribution < -0.4 is 5.32 Å². The number of hydrogen-bond donors (Lipinski definition) is 1. The SMILES string of the molecule is CC(C)c1ccc(NC(=O)c2ccc(C(=O)N(C)Cc3ccccc3)cc2)cc1. The molecule has 3 aromatic carbocycles. The lowest BCUT2D eigenvalue weighted by molar-refractivity contribution is 0.0784. The molecular weight excluding hydrogens is 360 g/mol. The number of rotatable bonds is 6. The number of carbonyl (C=O) groups excluding carboxylic acids is 2. The van der Waals surface area contributed by atoms with Crippen LogP contribution in [0.2, 0.25) is 0 Å². The number of anilines is 1. The van der Waals surface area contributed by atoms with Gasteiger partial charge < -0.3 is 10.2 Å². The van der Waals surface area contributed by atoms with Crippen LogP contribution in [0.5, 0.6) is 0 Å². The van der Waals surface area contributed by atoms with Gasteiger partial charge in [0.25, 0.3) is 11.8 Å². The van der Waals surface area contributed by atoms with Crippen molar-refractivity contribution in [3.8, 4) is 0 Å². The Hall–Kier alpha value is -3.40. The van der Waals surface area contributed by atoms with Gasteiger partial charge in [0.15, 0.2) is 0 Å². The van der Waals surface area contributed by atoms with Gasteiger partial charge in [-0.2, -0.15) is 0 Å². The molecule has 0 aliphatic rings. The van der Waals surface area contributed by atoms with Crippen LogP contribution in [0.15, 0.2) is 78.9 Å². The van der Waals surface area contributed by atoms with E-state index >= 15 is 0 Å². The fourth-order valence-corrected chi connectivity index (χ4v) is 3.07. The maximum absolute atomic E-state index is 12.6. The van der Waals surface area contributed by atoms with Crippen LogP contribution in [-0.2, 0) is 6.54 Å². The predicted molar refractivity (Wildman–Crippen MR) is 117 cm³/mol. The van der Waals surface area contributed by atoms with E-state index in [0.29, 0.717) is 23.6 Å². The zero-order valence-corrected chi connectivity index (χ0v) is 17.1. The van der Waals surface area contributed by atoms with Gasteiger partial charge >= 0.3 is 0 Å². The molecule has 0 aliphatic carbocycles. The van der Waals surface area contributed by atoms with E-state index in [2.05, 4.69) is 19.2 Å². The summed E-state index contributed by atoms with van der Waals surface area (Å²) in [4.78, 5) is 26.8. The van der Waals surface area contributed by atoms with Gasteiger partial charge in [-0.1, -0.05) is 56.3 Å². The summed E-state index contributed by atoms with van der Waals surface area (Å²) >= 11 is 0. The fourth-order valence-electron chi connectivity index (χ4n) is 3.07. The second-order valence-corrected chi connectivity index (χ2v) is 7.45. The minimum atomic E-state index is -0.195. The van der Waals surface area contributed by atoms with Gasteiger partial charge in [0.05, 0.1) is 0 Å². The Balaban J connectivity index is 1.62. The highest BCUT2D eigenvalue weighted by Gasteiger charge is 2.13. The van der Waals surface area contributed by atoms with Crippen molar-refractivity contribution < 1.29 is 9.59 Å². The Kier molecular flexibility index (Phi) is 6.45. The smallest absolute Gasteiger partial charge is 0.255 e. The molecular formula is C25H26N2O2. The van der Waals surface area contributed by atoms with Gasteiger partial charge in [-0.3, -0.25) is 9.59 Å². The van der Waals surface area contributed by atoms with Crippen LogP contribution in [0.3, 0.4) is 0 Å². The molecule has 0 aliphatic heterocycles. The summed E-state index contributed by atoms with van der Waals surface area (Å²) in [7, 11) is 1.77. The Morgan fingerprint density at radius 2 is 1.41 bits per heavy atom. The summed E-state index contributed by atoms with van der Waals surface area (Å²) in [5, 5.41) is 2.89. The van der Waals surface area contributed by atoms with E-state index in [-0.39, 0.29) is 11.8 Å². The summed E-state index contributed by atoms with van der Waals surface area (Å²) in [5.74, 6) is 0.175. The number of benzene rings is 3. The van der Waals surface area contributed by atoms with Crippen LogP contribution in [0.1, 0.15) is 51.6 Å². The highest BCUT2D eigenvalue weighted by atomic mass is 16.2. The molecule has 4 nitrogen and oxygen atoms in total. The second-order valence-electron chi connectivity index (χ2n) is 7.45. The monoisotopic (exact) mass is 386 g/mol. The van der Waals surface area contributed by atoms with E-state index in [4.69, 9.17) is 0 Å². The molecule has 0 fully saturated rings. The van der Waals surface area contributed by atoms with E-state index in [1.165, 1.54) is 5.56 Å². The van der Waals surface area contributed by atoms with Crippen molar-refractivity contribution >= 4 is 17.5 Å². The van der Waals surface area contributed by atoms with E-state index in [9.17, 15) is 9.59 Å². The standard InChI is InChI=1S/C25H26N2O2/c1-18(2)20-13-15-23(16-14-20)26-24(28)21-9-11-22(12-10-21)25(29)27(3)17-19-7-5-4-6-8-19/h4-16,18H,17H2,1-3H3,(H,26,28).